The van der Waals surface area contributed by atoms with Crippen LogP contribution >= 0.6 is 24.0 Å². The second-order valence-electron chi connectivity index (χ2n) is 7.56. The number of halogens is 1. The molecule has 0 saturated carbocycles. The number of piperidine rings is 1. The van der Waals surface area contributed by atoms with Gasteiger partial charge in [-0.2, -0.15) is 0 Å². The fourth-order valence-electron chi connectivity index (χ4n) is 3.76. The molecule has 1 aromatic rings. The highest BCUT2D eigenvalue weighted by molar-refractivity contribution is 14.0. The second-order valence-corrected chi connectivity index (χ2v) is 7.56. The lowest BCUT2D eigenvalue weighted by molar-refractivity contribution is 0.122. The van der Waals surface area contributed by atoms with Crippen LogP contribution in [0.15, 0.2) is 23.3 Å². The van der Waals surface area contributed by atoms with Crippen molar-refractivity contribution in [2.45, 2.75) is 45.3 Å². The van der Waals surface area contributed by atoms with E-state index in [2.05, 4.69) is 50.3 Å². The summed E-state index contributed by atoms with van der Waals surface area (Å²) in [5.74, 6) is 1.92. The molecular formula is C20H35IN6O. The predicted molar refractivity (Wildman–Crippen MR) is 126 cm³/mol. The maximum absolute atomic E-state index is 5.47. The molecule has 8 heteroatoms. The largest absolute Gasteiger partial charge is 0.378 e. The smallest absolute Gasteiger partial charge is 0.191 e. The standard InChI is InChI=1S/C20H34N6O.HI/c1-16(2)25-9-6-18(7-10-25)24-20(21-3)23-15-17-5-4-8-22-19(17)26-11-13-27-14-12-26;/h4-5,8,16,18H,6-7,9-15H2,1-3H3,(H2,21,23,24);1H. The van der Waals surface area contributed by atoms with Crippen LogP contribution in [0.4, 0.5) is 5.82 Å². The van der Waals surface area contributed by atoms with Crippen molar-refractivity contribution in [3.05, 3.63) is 23.9 Å². The number of anilines is 1. The highest BCUT2D eigenvalue weighted by Gasteiger charge is 2.21. The number of nitrogens with one attached hydrogen (secondary N) is 2. The van der Waals surface area contributed by atoms with Crippen LogP contribution in [0.2, 0.25) is 0 Å². The third-order valence-corrected chi connectivity index (χ3v) is 5.45. The Morgan fingerprint density at radius 1 is 1.25 bits per heavy atom. The summed E-state index contributed by atoms with van der Waals surface area (Å²) in [6.45, 7) is 10.9. The third-order valence-electron chi connectivity index (χ3n) is 5.45. The lowest BCUT2D eigenvalue weighted by Gasteiger charge is -2.35. The molecular weight excluding hydrogens is 467 g/mol. The van der Waals surface area contributed by atoms with Crippen molar-refractivity contribution in [1.82, 2.24) is 20.5 Å². The lowest BCUT2D eigenvalue weighted by atomic mass is 10.0. The Kier molecular flexibility index (Phi) is 9.73. The van der Waals surface area contributed by atoms with Gasteiger partial charge in [0, 0.05) is 63.6 Å². The number of likely N-dealkylation sites (tertiary alicyclic amines) is 1. The SMILES string of the molecule is CN=C(NCc1cccnc1N1CCOCC1)NC1CCN(C(C)C)CC1.I. The molecule has 0 aromatic carbocycles. The van der Waals surface area contributed by atoms with Gasteiger partial charge in [-0.05, 0) is 32.8 Å². The Balaban J connectivity index is 0.00000280. The normalized spacial score (nSPS) is 19.4. The number of aliphatic imine (C=N–C) groups is 1. The highest BCUT2D eigenvalue weighted by atomic mass is 127. The number of pyridine rings is 1. The Morgan fingerprint density at radius 2 is 1.96 bits per heavy atom. The van der Waals surface area contributed by atoms with Crippen molar-refractivity contribution in [3.63, 3.8) is 0 Å². The molecule has 7 nitrogen and oxygen atoms in total. The molecule has 3 rings (SSSR count). The number of nitrogens with zero attached hydrogens (tertiary/aromatic N) is 4. The number of morpholine rings is 1. The fourth-order valence-corrected chi connectivity index (χ4v) is 3.76. The summed E-state index contributed by atoms with van der Waals surface area (Å²) in [7, 11) is 1.84. The maximum atomic E-state index is 5.47. The molecule has 2 N–H and O–H groups in total. The van der Waals surface area contributed by atoms with E-state index in [9.17, 15) is 0 Å². The number of hydrogen-bond donors (Lipinski definition) is 2. The predicted octanol–water partition coefficient (Wildman–Crippen LogP) is 2.07. The Labute approximate surface area is 186 Å². The second kappa shape index (κ2) is 11.8. The van der Waals surface area contributed by atoms with Crippen LogP contribution in [0, 0.1) is 0 Å². The average molecular weight is 502 g/mol. The summed E-state index contributed by atoms with van der Waals surface area (Å²) >= 11 is 0. The molecule has 28 heavy (non-hydrogen) atoms. The lowest BCUT2D eigenvalue weighted by Crippen LogP contribution is -2.49. The van der Waals surface area contributed by atoms with Gasteiger partial charge in [0.15, 0.2) is 5.96 Å². The summed E-state index contributed by atoms with van der Waals surface area (Å²) in [5, 5.41) is 7.07. The zero-order chi connectivity index (χ0) is 19.1. The minimum atomic E-state index is 0. The number of ether oxygens (including phenoxy) is 1. The number of rotatable bonds is 5. The zero-order valence-electron chi connectivity index (χ0n) is 17.4. The zero-order valence-corrected chi connectivity index (χ0v) is 19.7. The van der Waals surface area contributed by atoms with E-state index < -0.39 is 0 Å². The van der Waals surface area contributed by atoms with Gasteiger partial charge < -0.3 is 25.2 Å². The van der Waals surface area contributed by atoms with Gasteiger partial charge in [-0.1, -0.05) is 6.07 Å². The van der Waals surface area contributed by atoms with E-state index >= 15 is 0 Å². The van der Waals surface area contributed by atoms with Crippen LogP contribution in [0.25, 0.3) is 0 Å². The third kappa shape index (κ3) is 6.45. The summed E-state index contributed by atoms with van der Waals surface area (Å²) in [6.07, 6.45) is 4.18. The average Bonchev–Trinajstić information content (AvgIpc) is 2.72. The molecule has 2 fully saturated rings. The summed E-state index contributed by atoms with van der Waals surface area (Å²) < 4.78 is 5.47. The molecule has 0 radical (unpaired) electrons. The van der Waals surface area contributed by atoms with Gasteiger partial charge in [-0.25, -0.2) is 4.98 Å². The van der Waals surface area contributed by atoms with Gasteiger partial charge in [0.05, 0.1) is 13.2 Å². The van der Waals surface area contributed by atoms with Gasteiger partial charge in [0.2, 0.25) is 0 Å². The first-order chi connectivity index (χ1) is 13.2. The Bertz CT molecular complexity index is 612. The molecule has 2 aliphatic heterocycles. The van der Waals surface area contributed by atoms with E-state index in [1.807, 2.05) is 19.3 Å². The first-order valence-corrected chi connectivity index (χ1v) is 10.1. The van der Waals surface area contributed by atoms with Gasteiger partial charge in [0.1, 0.15) is 5.82 Å². The van der Waals surface area contributed by atoms with E-state index in [0.717, 1.165) is 64.0 Å². The van der Waals surface area contributed by atoms with Gasteiger partial charge in [0.25, 0.3) is 0 Å². The van der Waals surface area contributed by atoms with E-state index in [-0.39, 0.29) is 24.0 Å². The number of aromatic nitrogens is 1. The number of guanidine groups is 1. The van der Waals surface area contributed by atoms with Crippen molar-refractivity contribution in [2.75, 3.05) is 51.3 Å². The van der Waals surface area contributed by atoms with Crippen molar-refractivity contribution in [3.8, 4) is 0 Å². The van der Waals surface area contributed by atoms with Crippen LogP contribution in [0.3, 0.4) is 0 Å². The van der Waals surface area contributed by atoms with E-state index in [1.165, 1.54) is 5.56 Å². The van der Waals surface area contributed by atoms with E-state index in [1.54, 1.807) is 0 Å². The molecule has 0 bridgehead atoms. The molecule has 3 heterocycles. The molecule has 0 unspecified atom stereocenters. The fraction of sp³-hybridized carbons (Fsp3) is 0.700. The molecule has 158 valence electrons. The Morgan fingerprint density at radius 3 is 2.61 bits per heavy atom. The molecule has 0 spiro atoms. The van der Waals surface area contributed by atoms with E-state index in [0.29, 0.717) is 18.6 Å². The van der Waals surface area contributed by atoms with Crippen molar-refractivity contribution >= 4 is 35.8 Å². The first kappa shape index (κ1) is 23.2. The van der Waals surface area contributed by atoms with Crippen LogP contribution in [0.5, 0.6) is 0 Å². The maximum Gasteiger partial charge on any atom is 0.191 e. The van der Waals surface area contributed by atoms with E-state index in [4.69, 9.17) is 4.74 Å². The molecule has 2 aliphatic rings. The molecule has 0 aliphatic carbocycles. The van der Waals surface area contributed by atoms with Gasteiger partial charge in [-0.15, -0.1) is 24.0 Å². The van der Waals surface area contributed by atoms with Gasteiger partial charge >= 0.3 is 0 Å². The summed E-state index contributed by atoms with van der Waals surface area (Å²) in [4.78, 5) is 13.9. The monoisotopic (exact) mass is 502 g/mol. The quantitative estimate of drug-likeness (QED) is 0.365. The van der Waals surface area contributed by atoms with Crippen LogP contribution < -0.4 is 15.5 Å². The molecule has 2 saturated heterocycles. The highest BCUT2D eigenvalue weighted by Crippen LogP contribution is 2.18. The van der Waals surface area contributed by atoms with Gasteiger partial charge in [-0.3, -0.25) is 4.99 Å². The number of hydrogen-bond acceptors (Lipinski definition) is 5. The molecule has 0 amide bonds. The summed E-state index contributed by atoms with van der Waals surface area (Å²) in [5.41, 5.74) is 1.19. The Hall–Kier alpha value is -1.13. The van der Waals surface area contributed by atoms with Crippen LogP contribution in [-0.2, 0) is 11.3 Å². The van der Waals surface area contributed by atoms with Crippen molar-refractivity contribution in [1.29, 1.82) is 0 Å². The minimum Gasteiger partial charge on any atom is -0.378 e. The summed E-state index contributed by atoms with van der Waals surface area (Å²) in [6, 6.07) is 5.25. The minimum absolute atomic E-state index is 0. The van der Waals surface area contributed by atoms with Crippen molar-refractivity contribution in [2.24, 2.45) is 4.99 Å². The van der Waals surface area contributed by atoms with Crippen LogP contribution in [0.1, 0.15) is 32.3 Å². The first-order valence-electron chi connectivity index (χ1n) is 10.1. The van der Waals surface area contributed by atoms with Crippen molar-refractivity contribution < 1.29 is 4.74 Å². The topological polar surface area (TPSA) is 65.0 Å². The molecule has 0 atom stereocenters. The van der Waals surface area contributed by atoms with Crippen LogP contribution in [-0.4, -0.2) is 74.4 Å². The molecule has 1 aromatic heterocycles.